The molecule has 0 aliphatic heterocycles. The molecule has 0 saturated heterocycles. The van der Waals surface area contributed by atoms with Crippen LogP contribution in [-0.4, -0.2) is 21.4 Å². The molecule has 0 fully saturated rings. The fourth-order valence-electron chi connectivity index (χ4n) is 1.71. The molecule has 8 heteroatoms. The maximum atomic E-state index is 10.8. The fourth-order valence-corrected chi connectivity index (χ4v) is 2.80. The van der Waals surface area contributed by atoms with E-state index in [1.54, 1.807) is 18.3 Å². The van der Waals surface area contributed by atoms with Crippen molar-refractivity contribution in [3.8, 4) is 0 Å². The number of rotatable bonds is 5. The van der Waals surface area contributed by atoms with Gasteiger partial charge < -0.3 is 5.32 Å². The molecule has 0 unspecified atom stereocenters. The maximum absolute atomic E-state index is 10.8. The van der Waals surface area contributed by atoms with Gasteiger partial charge in [0.05, 0.1) is 20.1 Å². The lowest BCUT2D eigenvalue weighted by atomic mass is 10.2. The van der Waals surface area contributed by atoms with Crippen molar-refractivity contribution in [2.45, 2.75) is 20.3 Å². The SMILES string of the molecule is Cc1nc(CCNc2ncc([N+](=O)[O-])c(C)c2Br)cs1. The molecule has 0 radical (unpaired) electrons. The molecule has 20 heavy (non-hydrogen) atoms. The molecular formula is C12H13BrN4O2S. The average Bonchev–Trinajstić information content (AvgIpc) is 2.80. The van der Waals surface area contributed by atoms with E-state index in [4.69, 9.17) is 0 Å². The van der Waals surface area contributed by atoms with Crippen molar-refractivity contribution < 1.29 is 4.92 Å². The molecule has 0 atom stereocenters. The van der Waals surface area contributed by atoms with Crippen LogP contribution in [0.15, 0.2) is 16.0 Å². The van der Waals surface area contributed by atoms with Crippen molar-refractivity contribution in [1.29, 1.82) is 0 Å². The third kappa shape index (κ3) is 3.31. The van der Waals surface area contributed by atoms with Crippen LogP contribution in [0.25, 0.3) is 0 Å². The highest BCUT2D eigenvalue weighted by atomic mass is 79.9. The number of halogens is 1. The number of hydrogen-bond acceptors (Lipinski definition) is 6. The van der Waals surface area contributed by atoms with Crippen LogP contribution in [-0.2, 0) is 6.42 Å². The first-order valence-corrected chi connectivity index (χ1v) is 7.60. The molecule has 0 spiro atoms. The largest absolute Gasteiger partial charge is 0.369 e. The van der Waals surface area contributed by atoms with Crippen LogP contribution in [0.5, 0.6) is 0 Å². The molecule has 0 amide bonds. The van der Waals surface area contributed by atoms with Gasteiger partial charge in [-0.2, -0.15) is 0 Å². The number of nitrogens with zero attached hydrogens (tertiary/aromatic N) is 3. The van der Waals surface area contributed by atoms with Crippen LogP contribution >= 0.6 is 27.3 Å². The van der Waals surface area contributed by atoms with Crippen molar-refractivity contribution >= 4 is 38.8 Å². The summed E-state index contributed by atoms with van der Waals surface area (Å²) in [5.74, 6) is 0.611. The van der Waals surface area contributed by atoms with Crippen LogP contribution in [0.3, 0.4) is 0 Å². The summed E-state index contributed by atoms with van der Waals surface area (Å²) in [7, 11) is 0. The third-order valence-electron chi connectivity index (χ3n) is 2.77. The molecule has 0 aliphatic rings. The summed E-state index contributed by atoms with van der Waals surface area (Å²) >= 11 is 4.97. The van der Waals surface area contributed by atoms with E-state index >= 15 is 0 Å². The number of hydrogen-bond donors (Lipinski definition) is 1. The Morgan fingerprint density at radius 2 is 2.25 bits per heavy atom. The van der Waals surface area contributed by atoms with Gasteiger partial charge in [0.15, 0.2) is 0 Å². The molecule has 2 rings (SSSR count). The molecule has 2 heterocycles. The maximum Gasteiger partial charge on any atom is 0.291 e. The lowest BCUT2D eigenvalue weighted by Gasteiger charge is -2.08. The van der Waals surface area contributed by atoms with Gasteiger partial charge >= 0.3 is 0 Å². The first-order valence-electron chi connectivity index (χ1n) is 5.93. The Morgan fingerprint density at radius 3 is 2.85 bits per heavy atom. The second-order valence-electron chi connectivity index (χ2n) is 4.22. The summed E-state index contributed by atoms with van der Waals surface area (Å²) in [4.78, 5) is 18.8. The van der Waals surface area contributed by atoms with Crippen LogP contribution in [0.2, 0.25) is 0 Å². The zero-order valence-corrected chi connectivity index (χ0v) is 13.4. The van der Waals surface area contributed by atoms with E-state index in [2.05, 4.69) is 31.2 Å². The molecule has 0 aromatic carbocycles. The second-order valence-corrected chi connectivity index (χ2v) is 6.08. The Labute approximate surface area is 128 Å². The smallest absolute Gasteiger partial charge is 0.291 e. The van der Waals surface area contributed by atoms with Crippen molar-refractivity contribution in [2.24, 2.45) is 0 Å². The monoisotopic (exact) mass is 356 g/mol. The van der Waals surface area contributed by atoms with E-state index in [1.165, 1.54) is 6.20 Å². The van der Waals surface area contributed by atoms with E-state index < -0.39 is 4.92 Å². The normalized spacial score (nSPS) is 10.6. The van der Waals surface area contributed by atoms with Crippen LogP contribution in [0.1, 0.15) is 16.3 Å². The quantitative estimate of drug-likeness (QED) is 0.655. The number of anilines is 1. The summed E-state index contributed by atoms with van der Waals surface area (Å²) in [6.07, 6.45) is 2.06. The Morgan fingerprint density at radius 1 is 1.50 bits per heavy atom. The number of aromatic nitrogens is 2. The number of nitrogens with one attached hydrogen (secondary N) is 1. The highest BCUT2D eigenvalue weighted by Gasteiger charge is 2.16. The van der Waals surface area contributed by atoms with E-state index in [9.17, 15) is 10.1 Å². The van der Waals surface area contributed by atoms with Crippen molar-refractivity contribution in [3.63, 3.8) is 0 Å². The van der Waals surface area contributed by atoms with Gasteiger partial charge in [-0.15, -0.1) is 11.3 Å². The highest BCUT2D eigenvalue weighted by Crippen LogP contribution is 2.30. The van der Waals surface area contributed by atoms with Gasteiger partial charge in [-0.3, -0.25) is 10.1 Å². The predicted molar refractivity (Wildman–Crippen MR) is 82.4 cm³/mol. The van der Waals surface area contributed by atoms with Gasteiger partial charge in [-0.05, 0) is 29.8 Å². The summed E-state index contributed by atoms with van der Waals surface area (Å²) < 4.78 is 0.626. The van der Waals surface area contributed by atoms with Gasteiger partial charge in [-0.1, -0.05) is 0 Å². The Balaban J connectivity index is 2.03. The zero-order chi connectivity index (χ0) is 14.7. The highest BCUT2D eigenvalue weighted by molar-refractivity contribution is 9.10. The van der Waals surface area contributed by atoms with Gasteiger partial charge in [0.25, 0.3) is 5.69 Å². The summed E-state index contributed by atoms with van der Waals surface area (Å²) in [6, 6.07) is 0. The van der Waals surface area contributed by atoms with Gasteiger partial charge in [-0.25, -0.2) is 9.97 Å². The van der Waals surface area contributed by atoms with Crippen LogP contribution in [0.4, 0.5) is 11.5 Å². The molecule has 6 nitrogen and oxygen atoms in total. The Bertz CT molecular complexity index is 644. The minimum absolute atomic E-state index is 0.0116. The molecule has 106 valence electrons. The number of pyridine rings is 1. The van der Waals surface area contributed by atoms with Gasteiger partial charge in [0.2, 0.25) is 0 Å². The number of aryl methyl sites for hydroxylation is 1. The average molecular weight is 357 g/mol. The lowest BCUT2D eigenvalue weighted by molar-refractivity contribution is -0.385. The zero-order valence-electron chi connectivity index (χ0n) is 11.0. The number of nitro groups is 1. The molecular weight excluding hydrogens is 344 g/mol. The lowest BCUT2D eigenvalue weighted by Crippen LogP contribution is -2.08. The van der Waals surface area contributed by atoms with Crippen molar-refractivity contribution in [2.75, 3.05) is 11.9 Å². The molecule has 0 saturated carbocycles. The topological polar surface area (TPSA) is 81.0 Å². The Hall–Kier alpha value is -1.54. The van der Waals surface area contributed by atoms with E-state index in [-0.39, 0.29) is 5.69 Å². The van der Waals surface area contributed by atoms with Crippen LogP contribution < -0.4 is 5.32 Å². The second kappa shape index (κ2) is 6.27. The van der Waals surface area contributed by atoms with E-state index in [1.807, 2.05) is 12.3 Å². The van der Waals surface area contributed by atoms with E-state index in [0.29, 0.717) is 22.4 Å². The van der Waals surface area contributed by atoms with Gasteiger partial charge in [0.1, 0.15) is 12.0 Å². The standard InChI is InChI=1S/C12H13BrN4O2S/c1-7-10(17(18)19)5-15-12(11(7)13)14-4-3-9-6-20-8(2)16-9/h5-6H,3-4H2,1-2H3,(H,14,15). The molecule has 2 aromatic heterocycles. The third-order valence-corrected chi connectivity index (χ3v) is 4.57. The fraction of sp³-hybridized carbons (Fsp3) is 0.333. The molecule has 0 aliphatic carbocycles. The molecule has 0 bridgehead atoms. The summed E-state index contributed by atoms with van der Waals surface area (Å²) in [5.41, 5.74) is 1.62. The number of thiazole rings is 1. The minimum Gasteiger partial charge on any atom is -0.369 e. The molecule has 1 N–H and O–H groups in total. The summed E-state index contributed by atoms with van der Waals surface area (Å²) in [5, 5.41) is 17.0. The minimum atomic E-state index is -0.436. The first-order chi connectivity index (χ1) is 9.49. The first kappa shape index (κ1) is 14.9. The predicted octanol–water partition coefficient (Wildman–Crippen LogP) is 3.48. The van der Waals surface area contributed by atoms with Crippen molar-refractivity contribution in [3.05, 3.63) is 42.4 Å². The van der Waals surface area contributed by atoms with E-state index in [0.717, 1.165) is 17.1 Å². The summed E-state index contributed by atoms with van der Waals surface area (Å²) in [6.45, 7) is 4.34. The molecule has 2 aromatic rings. The Kier molecular flexibility index (Phi) is 4.66. The van der Waals surface area contributed by atoms with Gasteiger partial charge in [0, 0.05) is 23.9 Å². The van der Waals surface area contributed by atoms with Crippen LogP contribution in [0, 0.1) is 24.0 Å². The van der Waals surface area contributed by atoms with Crippen molar-refractivity contribution in [1.82, 2.24) is 9.97 Å².